The lowest BCUT2D eigenvalue weighted by molar-refractivity contribution is 0.0715. The van der Waals surface area contributed by atoms with Crippen molar-refractivity contribution >= 4 is 48.9 Å². The summed E-state index contributed by atoms with van der Waals surface area (Å²) in [4.78, 5) is 13.0. The zero-order valence-corrected chi connectivity index (χ0v) is 14.1. The van der Waals surface area contributed by atoms with Gasteiger partial charge in [0.2, 0.25) is 0 Å². The SMILES string of the molecule is CC(NC(=O)c1sc2ccc(Br)cc2c1N)C1CCCO1. The molecule has 0 saturated carbocycles. The number of benzene rings is 1. The fraction of sp³-hybridized carbons (Fsp3) is 0.400. The molecule has 0 aliphatic carbocycles. The van der Waals surface area contributed by atoms with Crippen LogP contribution in [0.2, 0.25) is 0 Å². The van der Waals surface area contributed by atoms with Gasteiger partial charge in [-0.1, -0.05) is 15.9 Å². The number of amides is 1. The van der Waals surface area contributed by atoms with Crippen LogP contribution in [-0.4, -0.2) is 24.7 Å². The molecule has 1 aliphatic rings. The first-order chi connectivity index (χ1) is 10.1. The number of ether oxygens (including phenoxy) is 1. The van der Waals surface area contributed by atoms with Gasteiger partial charge in [0.05, 0.1) is 17.8 Å². The summed E-state index contributed by atoms with van der Waals surface area (Å²) in [7, 11) is 0. The van der Waals surface area contributed by atoms with E-state index < -0.39 is 0 Å². The van der Waals surface area contributed by atoms with Crippen molar-refractivity contribution < 1.29 is 9.53 Å². The fourth-order valence-electron chi connectivity index (χ4n) is 2.62. The minimum Gasteiger partial charge on any atom is -0.397 e. The molecule has 4 nitrogen and oxygen atoms in total. The highest BCUT2D eigenvalue weighted by atomic mass is 79.9. The van der Waals surface area contributed by atoms with E-state index in [1.54, 1.807) is 0 Å². The largest absolute Gasteiger partial charge is 0.397 e. The van der Waals surface area contributed by atoms with Crippen LogP contribution >= 0.6 is 27.3 Å². The quantitative estimate of drug-likeness (QED) is 0.870. The number of carbonyl (C=O) groups is 1. The lowest BCUT2D eigenvalue weighted by Crippen LogP contribution is -2.40. The number of nitrogens with two attached hydrogens (primary N) is 1. The summed E-state index contributed by atoms with van der Waals surface area (Å²) in [5.74, 6) is -0.118. The monoisotopic (exact) mass is 368 g/mol. The zero-order chi connectivity index (χ0) is 15.0. The van der Waals surface area contributed by atoms with Crippen LogP contribution < -0.4 is 11.1 Å². The zero-order valence-electron chi connectivity index (χ0n) is 11.7. The number of halogens is 1. The second-order valence-corrected chi connectivity index (χ2v) is 7.27. The molecule has 0 bridgehead atoms. The summed E-state index contributed by atoms with van der Waals surface area (Å²) in [5.41, 5.74) is 6.68. The average Bonchev–Trinajstić information content (AvgIpc) is 3.08. The van der Waals surface area contributed by atoms with Gasteiger partial charge in [-0.15, -0.1) is 11.3 Å². The molecule has 0 spiro atoms. The van der Waals surface area contributed by atoms with Crippen molar-refractivity contribution in [1.29, 1.82) is 0 Å². The van der Waals surface area contributed by atoms with E-state index in [9.17, 15) is 4.79 Å². The van der Waals surface area contributed by atoms with Gasteiger partial charge in [-0.3, -0.25) is 4.79 Å². The van der Waals surface area contributed by atoms with E-state index >= 15 is 0 Å². The van der Waals surface area contributed by atoms with Crippen molar-refractivity contribution in [1.82, 2.24) is 5.32 Å². The van der Waals surface area contributed by atoms with Gasteiger partial charge in [0.15, 0.2) is 0 Å². The maximum atomic E-state index is 12.4. The predicted octanol–water partition coefficient (Wildman–Crippen LogP) is 3.54. The summed E-state index contributed by atoms with van der Waals surface area (Å²) in [5, 5.41) is 3.93. The third-order valence-electron chi connectivity index (χ3n) is 3.78. The topological polar surface area (TPSA) is 64.4 Å². The minimum absolute atomic E-state index is 0.00338. The molecule has 3 rings (SSSR count). The number of hydrogen-bond acceptors (Lipinski definition) is 4. The molecule has 21 heavy (non-hydrogen) atoms. The summed E-state index contributed by atoms with van der Waals surface area (Å²) >= 11 is 4.86. The first-order valence-corrected chi connectivity index (χ1v) is 8.57. The highest BCUT2D eigenvalue weighted by Crippen LogP contribution is 2.35. The Morgan fingerprint density at radius 1 is 1.57 bits per heavy atom. The molecule has 1 fully saturated rings. The van der Waals surface area contributed by atoms with Crippen LogP contribution in [0.15, 0.2) is 22.7 Å². The number of nitrogens with one attached hydrogen (secondary N) is 1. The number of rotatable bonds is 3. The molecule has 2 atom stereocenters. The van der Waals surface area contributed by atoms with Gasteiger partial charge in [0.25, 0.3) is 5.91 Å². The Kier molecular flexibility index (Phi) is 4.19. The van der Waals surface area contributed by atoms with Crippen LogP contribution in [0.3, 0.4) is 0 Å². The van der Waals surface area contributed by atoms with Gasteiger partial charge in [-0.25, -0.2) is 0 Å². The molecule has 1 aromatic heterocycles. The van der Waals surface area contributed by atoms with Gasteiger partial charge in [-0.2, -0.15) is 0 Å². The maximum absolute atomic E-state index is 12.4. The van der Waals surface area contributed by atoms with Crippen molar-refractivity contribution in [2.24, 2.45) is 0 Å². The van der Waals surface area contributed by atoms with Gasteiger partial charge >= 0.3 is 0 Å². The average molecular weight is 369 g/mol. The molecule has 1 saturated heterocycles. The number of hydrogen-bond donors (Lipinski definition) is 2. The minimum atomic E-state index is -0.118. The molecule has 112 valence electrons. The van der Waals surface area contributed by atoms with Crippen molar-refractivity contribution in [2.45, 2.75) is 31.9 Å². The van der Waals surface area contributed by atoms with E-state index in [2.05, 4.69) is 21.2 Å². The van der Waals surface area contributed by atoms with Crippen LogP contribution in [0.1, 0.15) is 29.4 Å². The summed E-state index contributed by atoms with van der Waals surface area (Å²) in [6, 6.07) is 5.87. The molecular formula is C15H17BrN2O2S. The van der Waals surface area contributed by atoms with Crippen molar-refractivity contribution in [3.63, 3.8) is 0 Å². The number of thiophene rings is 1. The third-order valence-corrected chi connectivity index (χ3v) is 5.45. The lowest BCUT2D eigenvalue weighted by atomic mass is 10.1. The molecule has 1 aromatic carbocycles. The molecular weight excluding hydrogens is 352 g/mol. The molecule has 0 radical (unpaired) electrons. The number of carbonyl (C=O) groups excluding carboxylic acids is 1. The Morgan fingerprint density at radius 2 is 2.38 bits per heavy atom. The first-order valence-electron chi connectivity index (χ1n) is 6.96. The number of nitrogen functional groups attached to an aromatic ring is 1. The van der Waals surface area contributed by atoms with Crippen LogP contribution in [0.5, 0.6) is 0 Å². The van der Waals surface area contributed by atoms with Crippen LogP contribution in [-0.2, 0) is 4.74 Å². The molecule has 6 heteroatoms. The van der Waals surface area contributed by atoms with E-state index in [-0.39, 0.29) is 18.1 Å². The van der Waals surface area contributed by atoms with Gasteiger partial charge in [0, 0.05) is 21.2 Å². The Labute approximate surface area is 135 Å². The predicted molar refractivity (Wildman–Crippen MR) is 89.8 cm³/mol. The van der Waals surface area contributed by atoms with E-state index in [0.717, 1.165) is 34.0 Å². The fourth-order valence-corrected chi connectivity index (χ4v) is 3.99. The van der Waals surface area contributed by atoms with Crippen molar-refractivity contribution in [3.8, 4) is 0 Å². The maximum Gasteiger partial charge on any atom is 0.263 e. The second-order valence-electron chi connectivity index (χ2n) is 5.30. The second kappa shape index (κ2) is 5.94. The molecule has 2 unspecified atom stereocenters. The Balaban J connectivity index is 1.82. The molecule has 2 aromatic rings. The first kappa shape index (κ1) is 14.8. The summed E-state index contributed by atoms with van der Waals surface area (Å²) < 4.78 is 7.58. The van der Waals surface area contributed by atoms with Crippen molar-refractivity contribution in [2.75, 3.05) is 12.3 Å². The van der Waals surface area contributed by atoms with Gasteiger partial charge in [0.1, 0.15) is 4.88 Å². The summed E-state index contributed by atoms with van der Waals surface area (Å²) in [6.45, 7) is 2.76. The lowest BCUT2D eigenvalue weighted by Gasteiger charge is -2.19. The third kappa shape index (κ3) is 2.93. The number of anilines is 1. The molecule has 1 amide bonds. The number of fused-ring (bicyclic) bond motifs is 1. The van der Waals surface area contributed by atoms with E-state index in [0.29, 0.717) is 10.6 Å². The Hall–Kier alpha value is -1.11. The van der Waals surface area contributed by atoms with E-state index in [1.165, 1.54) is 11.3 Å². The van der Waals surface area contributed by atoms with Gasteiger partial charge < -0.3 is 15.8 Å². The normalized spacial score (nSPS) is 19.8. The molecule has 2 heterocycles. The van der Waals surface area contributed by atoms with E-state index in [4.69, 9.17) is 10.5 Å². The van der Waals surface area contributed by atoms with Crippen LogP contribution in [0.25, 0.3) is 10.1 Å². The van der Waals surface area contributed by atoms with Crippen LogP contribution in [0.4, 0.5) is 5.69 Å². The van der Waals surface area contributed by atoms with Gasteiger partial charge in [-0.05, 0) is 38.0 Å². The van der Waals surface area contributed by atoms with E-state index in [1.807, 2.05) is 25.1 Å². The summed E-state index contributed by atoms with van der Waals surface area (Å²) in [6.07, 6.45) is 2.17. The van der Waals surface area contributed by atoms with Crippen LogP contribution in [0, 0.1) is 0 Å². The molecule has 1 aliphatic heterocycles. The molecule has 3 N–H and O–H groups in total. The standard InChI is InChI=1S/C15H17BrN2O2S/c1-8(11-3-2-6-20-11)18-15(19)14-13(17)10-7-9(16)4-5-12(10)21-14/h4-5,7-8,11H,2-3,6,17H2,1H3,(H,18,19). The smallest absolute Gasteiger partial charge is 0.263 e. The Bertz CT molecular complexity index is 680. The Morgan fingerprint density at radius 3 is 3.10 bits per heavy atom. The highest BCUT2D eigenvalue weighted by Gasteiger charge is 2.25. The van der Waals surface area contributed by atoms with Crippen molar-refractivity contribution in [3.05, 3.63) is 27.5 Å². The highest BCUT2D eigenvalue weighted by molar-refractivity contribution is 9.10.